The minimum Gasteiger partial charge on any atom is -0.494 e. The summed E-state index contributed by atoms with van der Waals surface area (Å²) in [5.41, 5.74) is 4.83. The van der Waals surface area contributed by atoms with E-state index in [1.165, 1.54) is 5.56 Å². The van der Waals surface area contributed by atoms with Gasteiger partial charge in [0.05, 0.1) is 6.61 Å². The van der Waals surface area contributed by atoms with Gasteiger partial charge in [0, 0.05) is 29.2 Å². The maximum absolute atomic E-state index is 12.2. The molecule has 1 heterocycles. The summed E-state index contributed by atoms with van der Waals surface area (Å²) in [6.07, 6.45) is 1.05. The fraction of sp³-hybridized carbons (Fsp3) is 0.346. The highest BCUT2D eigenvalue weighted by Crippen LogP contribution is 2.24. The van der Waals surface area contributed by atoms with Gasteiger partial charge in [0.25, 0.3) is 0 Å². The summed E-state index contributed by atoms with van der Waals surface area (Å²) in [5.74, 6) is 1.36. The molecule has 2 aromatic carbocycles. The van der Waals surface area contributed by atoms with Crippen molar-refractivity contribution in [2.45, 2.75) is 52.9 Å². The summed E-state index contributed by atoms with van der Waals surface area (Å²) in [6, 6.07) is 17.6. The van der Waals surface area contributed by atoms with E-state index in [1.807, 2.05) is 56.3 Å². The van der Waals surface area contributed by atoms with Gasteiger partial charge in [-0.05, 0) is 73.7 Å². The van der Waals surface area contributed by atoms with Crippen LogP contribution in [0.4, 0.5) is 17.3 Å². The molecule has 0 unspecified atom stereocenters. The van der Waals surface area contributed by atoms with E-state index in [-0.39, 0.29) is 11.3 Å². The van der Waals surface area contributed by atoms with E-state index in [0.29, 0.717) is 25.4 Å². The highest BCUT2D eigenvalue weighted by atomic mass is 16.5. The number of benzene rings is 2. The van der Waals surface area contributed by atoms with E-state index in [0.717, 1.165) is 28.5 Å². The van der Waals surface area contributed by atoms with Crippen LogP contribution in [0.1, 0.15) is 50.6 Å². The lowest BCUT2D eigenvalue weighted by atomic mass is 9.87. The molecule has 168 valence electrons. The first-order valence-corrected chi connectivity index (χ1v) is 10.9. The number of carbonyl (C=O) groups excluding carboxylic acids is 1. The lowest BCUT2D eigenvalue weighted by Gasteiger charge is -2.19. The first-order chi connectivity index (χ1) is 15.2. The topological polar surface area (TPSA) is 76.1 Å². The zero-order valence-corrected chi connectivity index (χ0v) is 19.5. The molecule has 0 atom stereocenters. The Morgan fingerprint density at radius 2 is 1.50 bits per heavy atom. The summed E-state index contributed by atoms with van der Waals surface area (Å²) in [7, 11) is 0. The molecule has 0 fully saturated rings. The number of nitrogens with one attached hydrogen (secondary N) is 2. The zero-order chi connectivity index (χ0) is 23.1. The molecule has 6 heteroatoms. The Bertz CT molecular complexity index is 1020. The van der Waals surface area contributed by atoms with E-state index < -0.39 is 0 Å². The number of ether oxygens (including phenoxy) is 1. The van der Waals surface area contributed by atoms with Gasteiger partial charge in [0.1, 0.15) is 5.75 Å². The molecule has 2 N–H and O–H groups in total. The number of nitrogens with zero attached hydrogens (tertiary/aromatic N) is 2. The Balaban J connectivity index is 1.41. The minimum atomic E-state index is -0.0324. The standard InChI is InChI=1S/C26H32N4O2/c1-18-17-19(2)28-25(27-18)30-22-12-10-21(11-13-22)29-24(31)7-6-16-32-23-14-8-20(9-15-23)26(3,4)5/h8-15,17H,6-7,16H2,1-5H3,(H,29,31)(H,27,28,30). The van der Waals surface area contributed by atoms with E-state index in [9.17, 15) is 4.79 Å². The molecule has 0 saturated heterocycles. The average molecular weight is 433 g/mol. The molecule has 0 saturated carbocycles. The second-order valence-electron chi connectivity index (χ2n) is 8.95. The van der Waals surface area contributed by atoms with E-state index in [4.69, 9.17) is 4.74 Å². The maximum atomic E-state index is 12.2. The van der Waals surface area contributed by atoms with Crippen LogP contribution in [0.25, 0.3) is 0 Å². The summed E-state index contributed by atoms with van der Waals surface area (Å²) in [5, 5.41) is 6.10. The molecular formula is C26H32N4O2. The number of carbonyl (C=O) groups is 1. The first kappa shape index (κ1) is 23.3. The lowest BCUT2D eigenvalue weighted by molar-refractivity contribution is -0.116. The van der Waals surface area contributed by atoms with E-state index in [2.05, 4.69) is 53.5 Å². The highest BCUT2D eigenvalue weighted by molar-refractivity contribution is 5.90. The van der Waals surface area contributed by atoms with E-state index >= 15 is 0 Å². The van der Waals surface area contributed by atoms with Gasteiger partial charge in [-0.1, -0.05) is 32.9 Å². The number of aryl methyl sites for hydroxylation is 2. The monoisotopic (exact) mass is 432 g/mol. The van der Waals surface area contributed by atoms with Gasteiger partial charge in [-0.25, -0.2) is 9.97 Å². The number of amides is 1. The molecular weight excluding hydrogens is 400 g/mol. The third-order valence-corrected chi connectivity index (χ3v) is 4.94. The van der Waals surface area contributed by atoms with Crippen molar-refractivity contribution in [2.24, 2.45) is 0 Å². The summed E-state index contributed by atoms with van der Waals surface area (Å²) in [4.78, 5) is 21.0. The number of rotatable bonds is 8. The second-order valence-corrected chi connectivity index (χ2v) is 8.95. The van der Waals surface area contributed by atoms with Crippen LogP contribution in [0.2, 0.25) is 0 Å². The van der Waals surface area contributed by atoms with Gasteiger partial charge >= 0.3 is 0 Å². The molecule has 1 aromatic heterocycles. The van der Waals surface area contributed by atoms with Crippen molar-refractivity contribution in [2.75, 3.05) is 17.2 Å². The van der Waals surface area contributed by atoms with Crippen LogP contribution in [0, 0.1) is 13.8 Å². The van der Waals surface area contributed by atoms with Crippen LogP contribution in [-0.2, 0) is 10.2 Å². The van der Waals surface area contributed by atoms with Crippen LogP contribution >= 0.6 is 0 Å². The third kappa shape index (κ3) is 7.08. The number of anilines is 3. The number of aromatic nitrogens is 2. The Labute approximate surface area is 190 Å². The van der Waals surface area contributed by atoms with Crippen LogP contribution < -0.4 is 15.4 Å². The van der Waals surface area contributed by atoms with Gasteiger partial charge in [0.15, 0.2) is 0 Å². The fourth-order valence-corrected chi connectivity index (χ4v) is 3.25. The largest absolute Gasteiger partial charge is 0.494 e. The van der Waals surface area contributed by atoms with Crippen molar-refractivity contribution < 1.29 is 9.53 Å². The van der Waals surface area contributed by atoms with Crippen molar-refractivity contribution in [3.63, 3.8) is 0 Å². The van der Waals surface area contributed by atoms with Gasteiger partial charge in [-0.15, -0.1) is 0 Å². The molecule has 3 rings (SSSR count). The molecule has 0 radical (unpaired) electrons. The first-order valence-electron chi connectivity index (χ1n) is 10.9. The Kier molecular flexibility index (Phi) is 7.46. The lowest BCUT2D eigenvalue weighted by Crippen LogP contribution is -2.13. The summed E-state index contributed by atoms with van der Waals surface area (Å²) in [6.45, 7) is 10.9. The maximum Gasteiger partial charge on any atom is 0.227 e. The molecule has 3 aromatic rings. The van der Waals surface area contributed by atoms with Crippen LogP contribution in [-0.4, -0.2) is 22.5 Å². The fourth-order valence-electron chi connectivity index (χ4n) is 3.25. The quantitative estimate of drug-likeness (QED) is 0.431. The molecule has 0 spiro atoms. The Morgan fingerprint density at radius 3 is 2.09 bits per heavy atom. The van der Waals surface area contributed by atoms with Gasteiger partial charge in [0.2, 0.25) is 11.9 Å². The predicted molar refractivity (Wildman–Crippen MR) is 130 cm³/mol. The number of hydrogen-bond acceptors (Lipinski definition) is 5. The molecule has 32 heavy (non-hydrogen) atoms. The van der Waals surface area contributed by atoms with Gasteiger partial charge < -0.3 is 15.4 Å². The van der Waals surface area contributed by atoms with Crippen molar-refractivity contribution >= 4 is 23.2 Å². The summed E-state index contributed by atoms with van der Waals surface area (Å²) >= 11 is 0. The van der Waals surface area contributed by atoms with Crippen molar-refractivity contribution in [1.82, 2.24) is 9.97 Å². The van der Waals surface area contributed by atoms with Gasteiger partial charge in [-0.3, -0.25) is 4.79 Å². The highest BCUT2D eigenvalue weighted by Gasteiger charge is 2.13. The van der Waals surface area contributed by atoms with Crippen molar-refractivity contribution in [1.29, 1.82) is 0 Å². The normalized spacial score (nSPS) is 11.2. The smallest absolute Gasteiger partial charge is 0.227 e. The second kappa shape index (κ2) is 10.3. The molecule has 6 nitrogen and oxygen atoms in total. The van der Waals surface area contributed by atoms with Crippen LogP contribution in [0.15, 0.2) is 54.6 Å². The predicted octanol–water partition coefficient (Wildman–Crippen LogP) is 5.93. The Morgan fingerprint density at radius 1 is 0.906 bits per heavy atom. The average Bonchev–Trinajstić information content (AvgIpc) is 2.72. The molecule has 1 amide bonds. The third-order valence-electron chi connectivity index (χ3n) is 4.94. The van der Waals surface area contributed by atoms with Crippen molar-refractivity contribution in [3.05, 3.63) is 71.5 Å². The molecule has 0 bridgehead atoms. The van der Waals surface area contributed by atoms with Gasteiger partial charge in [-0.2, -0.15) is 0 Å². The minimum absolute atomic E-state index is 0.0324. The molecule has 0 aliphatic rings. The van der Waals surface area contributed by atoms with E-state index in [1.54, 1.807) is 0 Å². The van der Waals surface area contributed by atoms with Crippen LogP contribution in [0.3, 0.4) is 0 Å². The van der Waals surface area contributed by atoms with Crippen LogP contribution in [0.5, 0.6) is 5.75 Å². The Hall–Kier alpha value is -3.41. The number of hydrogen-bond donors (Lipinski definition) is 2. The summed E-state index contributed by atoms with van der Waals surface area (Å²) < 4.78 is 5.76. The molecule has 0 aliphatic heterocycles. The molecule has 0 aliphatic carbocycles. The SMILES string of the molecule is Cc1cc(C)nc(Nc2ccc(NC(=O)CCCOc3ccc(C(C)(C)C)cc3)cc2)n1. The zero-order valence-electron chi connectivity index (χ0n) is 19.5. The van der Waals surface area contributed by atoms with Crippen molar-refractivity contribution in [3.8, 4) is 5.75 Å².